The van der Waals surface area contributed by atoms with Crippen molar-refractivity contribution in [2.24, 2.45) is 0 Å². The lowest BCUT2D eigenvalue weighted by molar-refractivity contribution is -0.00632. The highest BCUT2D eigenvalue weighted by Crippen LogP contribution is 2.29. The maximum Gasteiger partial charge on any atom is 0.352 e. The van der Waals surface area contributed by atoms with Crippen LogP contribution in [0, 0.1) is 6.92 Å². The minimum absolute atomic E-state index is 0.0376. The summed E-state index contributed by atoms with van der Waals surface area (Å²) >= 11 is 2.16. The maximum absolute atomic E-state index is 12.1. The van der Waals surface area contributed by atoms with E-state index in [4.69, 9.17) is 9.47 Å². The molecule has 0 amide bonds. The van der Waals surface area contributed by atoms with Crippen molar-refractivity contribution in [1.82, 2.24) is 9.55 Å². The van der Waals surface area contributed by atoms with Crippen molar-refractivity contribution >= 4 is 22.6 Å². The second-order valence-corrected chi connectivity index (χ2v) is 6.05. The van der Waals surface area contributed by atoms with E-state index in [0.717, 1.165) is 5.56 Å². The minimum Gasteiger partial charge on any atom is -0.475 e. The number of nitrogens with zero attached hydrogens (tertiary/aromatic N) is 2. The van der Waals surface area contributed by atoms with Crippen molar-refractivity contribution in [2.75, 3.05) is 4.43 Å². The van der Waals surface area contributed by atoms with Gasteiger partial charge in [0.1, 0.15) is 6.23 Å². The highest BCUT2D eigenvalue weighted by atomic mass is 127. The Labute approximate surface area is 131 Å². The summed E-state index contributed by atoms with van der Waals surface area (Å²) in [7, 11) is 0. The first-order valence-electron chi connectivity index (χ1n) is 6.58. The summed E-state index contributed by atoms with van der Waals surface area (Å²) in [4.78, 5) is 16.0. The fourth-order valence-electron chi connectivity index (χ4n) is 2.13. The average Bonchev–Trinajstić information content (AvgIpc) is 2.74. The topological polar surface area (TPSA) is 73.6 Å². The second-order valence-electron chi connectivity index (χ2n) is 5.17. The van der Waals surface area contributed by atoms with E-state index in [1.54, 1.807) is 6.20 Å². The Morgan fingerprint density at radius 1 is 1.65 bits per heavy atom. The van der Waals surface area contributed by atoms with Gasteiger partial charge in [-0.2, -0.15) is 4.98 Å². The lowest BCUT2D eigenvalue weighted by Crippen LogP contribution is -2.28. The molecule has 112 valence electrons. The molecule has 0 aromatic carbocycles. The number of hydrogen-bond acceptors (Lipinski definition) is 5. The fraction of sp³-hybridized carbons (Fsp3) is 0.692. The van der Waals surface area contributed by atoms with Crippen LogP contribution < -0.4 is 10.4 Å². The van der Waals surface area contributed by atoms with Crippen molar-refractivity contribution in [2.45, 2.75) is 51.7 Å². The molecule has 1 aliphatic rings. The molecule has 3 atom stereocenters. The largest absolute Gasteiger partial charge is 0.475 e. The standard InChI is InChI=1S/C13H19IN2O4/c1-7(2)19-12-8(3)6-16(13(18)15-12)11-4-9(17)10(5-14)20-11/h6-7,9-11,17H,4-5H2,1-3H3/t9-,10+,11+/m0/s1. The molecule has 7 heteroatoms. The molecule has 0 unspecified atom stereocenters. The average molecular weight is 394 g/mol. The molecule has 6 nitrogen and oxygen atoms in total. The van der Waals surface area contributed by atoms with Gasteiger partial charge in [-0.3, -0.25) is 4.57 Å². The van der Waals surface area contributed by atoms with Crippen LogP contribution in [-0.2, 0) is 4.74 Å². The Bertz CT molecular complexity index is 532. The Morgan fingerprint density at radius 2 is 2.35 bits per heavy atom. The maximum atomic E-state index is 12.1. The van der Waals surface area contributed by atoms with Gasteiger partial charge in [-0.25, -0.2) is 4.79 Å². The minimum atomic E-state index is -0.546. The third-order valence-corrected chi connectivity index (χ3v) is 3.97. The van der Waals surface area contributed by atoms with Crippen LogP contribution in [0.4, 0.5) is 0 Å². The number of aliphatic hydroxyl groups excluding tert-OH is 1. The number of alkyl halides is 1. The second kappa shape index (κ2) is 6.40. The van der Waals surface area contributed by atoms with Crippen LogP contribution in [0.3, 0.4) is 0 Å². The molecule has 0 saturated carbocycles. The Kier molecular flexibility index (Phi) is 5.03. The molecule has 0 bridgehead atoms. The van der Waals surface area contributed by atoms with Crippen molar-refractivity contribution in [3.8, 4) is 5.88 Å². The summed E-state index contributed by atoms with van der Waals surface area (Å²) in [6, 6.07) is 0. The van der Waals surface area contributed by atoms with E-state index in [2.05, 4.69) is 27.6 Å². The summed E-state index contributed by atoms with van der Waals surface area (Å²) < 4.78 is 13.3. The summed E-state index contributed by atoms with van der Waals surface area (Å²) in [5, 5.41) is 9.86. The molecule has 0 aliphatic carbocycles. The van der Waals surface area contributed by atoms with Gasteiger partial charge in [0.25, 0.3) is 0 Å². The third-order valence-electron chi connectivity index (χ3n) is 3.10. The molecule has 1 saturated heterocycles. The van der Waals surface area contributed by atoms with E-state index in [9.17, 15) is 9.90 Å². The van der Waals surface area contributed by atoms with E-state index in [1.807, 2.05) is 20.8 Å². The van der Waals surface area contributed by atoms with Crippen LogP contribution in [0.2, 0.25) is 0 Å². The van der Waals surface area contributed by atoms with Crippen molar-refractivity contribution in [3.05, 3.63) is 22.2 Å². The Morgan fingerprint density at radius 3 is 2.90 bits per heavy atom. The van der Waals surface area contributed by atoms with E-state index in [1.165, 1.54) is 4.57 Å². The van der Waals surface area contributed by atoms with E-state index in [-0.39, 0.29) is 12.2 Å². The number of aryl methyl sites for hydroxylation is 1. The van der Waals surface area contributed by atoms with Gasteiger partial charge < -0.3 is 14.6 Å². The van der Waals surface area contributed by atoms with Crippen LogP contribution >= 0.6 is 22.6 Å². The number of ether oxygens (including phenoxy) is 2. The first-order valence-corrected chi connectivity index (χ1v) is 8.11. The Hall–Kier alpha value is -0.670. The predicted molar refractivity (Wildman–Crippen MR) is 82.4 cm³/mol. The molecule has 1 aliphatic heterocycles. The van der Waals surface area contributed by atoms with Gasteiger partial charge >= 0.3 is 5.69 Å². The van der Waals surface area contributed by atoms with Gasteiger partial charge in [-0.1, -0.05) is 22.6 Å². The Balaban J connectivity index is 2.26. The van der Waals surface area contributed by atoms with Crippen molar-refractivity contribution in [1.29, 1.82) is 0 Å². The monoisotopic (exact) mass is 394 g/mol. The highest BCUT2D eigenvalue weighted by Gasteiger charge is 2.34. The number of aliphatic hydroxyl groups is 1. The molecule has 1 N–H and O–H groups in total. The number of rotatable bonds is 4. The van der Waals surface area contributed by atoms with Gasteiger partial charge in [0.15, 0.2) is 0 Å². The number of halogens is 1. The van der Waals surface area contributed by atoms with Crippen LogP contribution in [0.15, 0.2) is 11.0 Å². The van der Waals surface area contributed by atoms with Crippen molar-refractivity contribution < 1.29 is 14.6 Å². The van der Waals surface area contributed by atoms with E-state index >= 15 is 0 Å². The zero-order valence-electron chi connectivity index (χ0n) is 11.7. The summed E-state index contributed by atoms with van der Waals surface area (Å²) in [5.74, 6) is 0.352. The normalized spacial score (nSPS) is 26.2. The molecule has 2 rings (SSSR count). The van der Waals surface area contributed by atoms with Gasteiger partial charge in [0.05, 0.1) is 18.3 Å². The van der Waals surface area contributed by atoms with Gasteiger partial charge in [-0.05, 0) is 20.8 Å². The molecule has 1 aromatic rings. The predicted octanol–water partition coefficient (Wildman–Crippen LogP) is 1.42. The molecule has 1 fully saturated rings. The molecular formula is C13H19IN2O4. The highest BCUT2D eigenvalue weighted by molar-refractivity contribution is 14.1. The van der Waals surface area contributed by atoms with Gasteiger partial charge in [0.2, 0.25) is 5.88 Å². The van der Waals surface area contributed by atoms with Crippen molar-refractivity contribution in [3.63, 3.8) is 0 Å². The lowest BCUT2D eigenvalue weighted by atomic mass is 10.2. The smallest absolute Gasteiger partial charge is 0.352 e. The quantitative estimate of drug-likeness (QED) is 0.618. The zero-order chi connectivity index (χ0) is 14.9. The number of aromatic nitrogens is 2. The van der Waals surface area contributed by atoms with E-state index in [0.29, 0.717) is 16.7 Å². The SMILES string of the molecule is Cc1cn([C@H]2C[C@H](O)[C@@H](CI)O2)c(=O)nc1OC(C)C. The molecule has 1 aromatic heterocycles. The molecular weight excluding hydrogens is 375 g/mol. The summed E-state index contributed by atoms with van der Waals surface area (Å²) in [5.41, 5.74) is 0.354. The first-order chi connectivity index (χ1) is 9.42. The third kappa shape index (κ3) is 3.32. The van der Waals surface area contributed by atoms with Crippen LogP contribution in [0.1, 0.15) is 32.1 Å². The van der Waals surface area contributed by atoms with Crippen LogP contribution in [0.5, 0.6) is 5.88 Å². The van der Waals surface area contributed by atoms with Crippen LogP contribution in [0.25, 0.3) is 0 Å². The zero-order valence-corrected chi connectivity index (χ0v) is 13.9. The molecule has 2 heterocycles. The van der Waals surface area contributed by atoms with E-state index < -0.39 is 18.0 Å². The van der Waals surface area contributed by atoms with Gasteiger partial charge in [-0.15, -0.1) is 0 Å². The molecule has 0 radical (unpaired) electrons. The summed E-state index contributed by atoms with van der Waals surface area (Å²) in [6.45, 7) is 5.60. The van der Waals surface area contributed by atoms with Crippen LogP contribution in [-0.4, -0.2) is 37.4 Å². The first kappa shape index (κ1) is 15.7. The lowest BCUT2D eigenvalue weighted by Gasteiger charge is -2.17. The number of hydrogen-bond donors (Lipinski definition) is 1. The fourth-order valence-corrected chi connectivity index (χ4v) is 2.92. The molecule has 20 heavy (non-hydrogen) atoms. The van der Waals surface area contributed by atoms with Gasteiger partial charge in [0, 0.05) is 22.6 Å². The summed E-state index contributed by atoms with van der Waals surface area (Å²) in [6.07, 6.45) is 0.801. The molecule has 0 spiro atoms.